The molecule has 1 N–H and O–H groups in total. The van der Waals surface area contributed by atoms with Gasteiger partial charge in [0.25, 0.3) is 0 Å². The zero-order chi connectivity index (χ0) is 16.7. The first kappa shape index (κ1) is 18.3. The highest BCUT2D eigenvalue weighted by atomic mass is 32.2. The fourth-order valence-corrected chi connectivity index (χ4v) is 4.21. The number of amides is 1. The lowest BCUT2D eigenvalue weighted by Gasteiger charge is -2.21. The Balaban J connectivity index is 1.79. The van der Waals surface area contributed by atoms with Crippen molar-refractivity contribution >= 4 is 34.2 Å². The van der Waals surface area contributed by atoms with Crippen molar-refractivity contribution in [3.8, 4) is 0 Å². The SMILES string of the molecule is CC[C@@H](CNC(=O)[C@@H](C)SC(=S)N1CCCC1)c1ccccc1. The second kappa shape index (κ2) is 9.28. The van der Waals surface area contributed by atoms with Crippen LogP contribution in [0.2, 0.25) is 0 Å². The van der Waals surface area contributed by atoms with Gasteiger partial charge in [0.15, 0.2) is 0 Å². The third kappa shape index (κ3) is 5.50. The molecular weight excluding hydrogens is 324 g/mol. The van der Waals surface area contributed by atoms with E-state index < -0.39 is 0 Å². The van der Waals surface area contributed by atoms with E-state index in [2.05, 4.69) is 29.3 Å². The number of benzene rings is 1. The molecule has 1 amide bonds. The molecule has 2 rings (SSSR count). The lowest BCUT2D eigenvalue weighted by molar-refractivity contribution is -0.120. The van der Waals surface area contributed by atoms with Crippen molar-refractivity contribution in [3.63, 3.8) is 0 Å². The average Bonchev–Trinajstić information content (AvgIpc) is 3.10. The van der Waals surface area contributed by atoms with Crippen LogP contribution in [0.5, 0.6) is 0 Å². The van der Waals surface area contributed by atoms with Gasteiger partial charge in [-0.25, -0.2) is 0 Å². The Morgan fingerprint density at radius 1 is 1.30 bits per heavy atom. The minimum absolute atomic E-state index is 0.0749. The molecule has 1 heterocycles. The predicted molar refractivity (Wildman–Crippen MR) is 103 cm³/mol. The summed E-state index contributed by atoms with van der Waals surface area (Å²) in [7, 11) is 0. The Hall–Kier alpha value is -1.07. The van der Waals surface area contributed by atoms with Gasteiger partial charge in [-0.15, -0.1) is 0 Å². The topological polar surface area (TPSA) is 32.3 Å². The Morgan fingerprint density at radius 3 is 2.57 bits per heavy atom. The molecule has 0 radical (unpaired) electrons. The second-order valence-electron chi connectivity index (χ2n) is 5.98. The number of hydrogen-bond acceptors (Lipinski definition) is 3. The summed E-state index contributed by atoms with van der Waals surface area (Å²) in [5, 5.41) is 2.95. The molecule has 1 aliphatic heterocycles. The van der Waals surface area contributed by atoms with Crippen LogP contribution in [0.4, 0.5) is 0 Å². The molecule has 2 atom stereocenters. The highest BCUT2D eigenvalue weighted by Gasteiger charge is 2.21. The maximum absolute atomic E-state index is 12.3. The molecule has 0 unspecified atom stereocenters. The number of nitrogens with zero attached hydrogens (tertiary/aromatic N) is 1. The number of carbonyl (C=O) groups is 1. The highest BCUT2D eigenvalue weighted by Crippen LogP contribution is 2.21. The Morgan fingerprint density at radius 2 is 1.96 bits per heavy atom. The standard InChI is InChI=1S/C18H26N2OS2/c1-3-15(16-9-5-4-6-10-16)13-19-17(21)14(2)23-18(22)20-11-7-8-12-20/h4-6,9-10,14-15H,3,7-8,11-13H2,1-2H3,(H,19,21)/t14-,15+/m1/s1. The van der Waals surface area contributed by atoms with Gasteiger partial charge in [-0.2, -0.15) is 0 Å². The molecule has 5 heteroatoms. The van der Waals surface area contributed by atoms with E-state index in [4.69, 9.17) is 12.2 Å². The number of rotatable bonds is 6. The molecule has 0 bridgehead atoms. The summed E-state index contributed by atoms with van der Waals surface area (Å²) in [4.78, 5) is 14.5. The number of carbonyl (C=O) groups excluding carboxylic acids is 1. The van der Waals surface area contributed by atoms with Crippen LogP contribution < -0.4 is 5.32 Å². The van der Waals surface area contributed by atoms with Gasteiger partial charge in [-0.1, -0.05) is 61.2 Å². The summed E-state index contributed by atoms with van der Waals surface area (Å²) in [6.45, 7) is 6.84. The van der Waals surface area contributed by atoms with Crippen LogP contribution in [0, 0.1) is 0 Å². The van der Waals surface area contributed by atoms with E-state index in [9.17, 15) is 4.79 Å². The summed E-state index contributed by atoms with van der Waals surface area (Å²) in [5.74, 6) is 0.439. The van der Waals surface area contributed by atoms with Crippen molar-refractivity contribution < 1.29 is 4.79 Å². The summed E-state index contributed by atoms with van der Waals surface area (Å²) < 4.78 is 0.861. The molecule has 1 aliphatic rings. The average molecular weight is 351 g/mol. The van der Waals surface area contributed by atoms with Crippen molar-refractivity contribution in [2.45, 2.75) is 44.3 Å². The third-order valence-corrected chi connectivity index (χ3v) is 5.87. The van der Waals surface area contributed by atoms with Crippen molar-refractivity contribution in [3.05, 3.63) is 35.9 Å². The van der Waals surface area contributed by atoms with E-state index in [1.807, 2.05) is 25.1 Å². The van der Waals surface area contributed by atoms with Crippen LogP contribution >= 0.6 is 24.0 Å². The van der Waals surface area contributed by atoms with Crippen molar-refractivity contribution in [1.29, 1.82) is 0 Å². The van der Waals surface area contributed by atoms with Crippen molar-refractivity contribution in [2.75, 3.05) is 19.6 Å². The summed E-state index contributed by atoms with van der Waals surface area (Å²) >= 11 is 6.96. The molecule has 126 valence electrons. The lowest BCUT2D eigenvalue weighted by Crippen LogP contribution is -2.36. The van der Waals surface area contributed by atoms with Crippen LogP contribution in [0.15, 0.2) is 30.3 Å². The number of nitrogens with one attached hydrogen (secondary N) is 1. The van der Waals surface area contributed by atoms with Crippen LogP contribution in [-0.2, 0) is 4.79 Å². The molecule has 1 aromatic rings. The maximum atomic E-state index is 12.3. The molecule has 23 heavy (non-hydrogen) atoms. The van der Waals surface area contributed by atoms with E-state index in [1.165, 1.54) is 30.2 Å². The van der Waals surface area contributed by atoms with Crippen LogP contribution in [-0.4, -0.2) is 40.0 Å². The fourth-order valence-electron chi connectivity index (χ4n) is 2.77. The molecule has 0 saturated carbocycles. The molecule has 1 saturated heterocycles. The number of likely N-dealkylation sites (tertiary alicyclic amines) is 1. The second-order valence-corrected chi connectivity index (χ2v) is 7.96. The first-order valence-corrected chi connectivity index (χ1v) is 9.68. The monoisotopic (exact) mass is 350 g/mol. The van der Waals surface area contributed by atoms with Gasteiger partial charge in [0.05, 0.1) is 5.25 Å². The molecule has 1 aromatic carbocycles. The van der Waals surface area contributed by atoms with E-state index in [-0.39, 0.29) is 11.2 Å². The minimum Gasteiger partial charge on any atom is -0.358 e. The van der Waals surface area contributed by atoms with Gasteiger partial charge in [0, 0.05) is 25.6 Å². The Bertz CT molecular complexity index is 515. The molecule has 3 nitrogen and oxygen atoms in total. The van der Waals surface area contributed by atoms with Crippen molar-refractivity contribution in [2.24, 2.45) is 0 Å². The summed E-state index contributed by atoms with van der Waals surface area (Å²) in [6.07, 6.45) is 3.42. The van der Waals surface area contributed by atoms with E-state index >= 15 is 0 Å². The lowest BCUT2D eigenvalue weighted by atomic mass is 9.96. The van der Waals surface area contributed by atoms with E-state index in [1.54, 1.807) is 0 Å². The maximum Gasteiger partial charge on any atom is 0.233 e. The van der Waals surface area contributed by atoms with Crippen LogP contribution in [0.25, 0.3) is 0 Å². The largest absolute Gasteiger partial charge is 0.358 e. The predicted octanol–water partition coefficient (Wildman–Crippen LogP) is 3.80. The van der Waals surface area contributed by atoms with Crippen molar-refractivity contribution in [1.82, 2.24) is 10.2 Å². The van der Waals surface area contributed by atoms with Gasteiger partial charge in [0.2, 0.25) is 5.91 Å². The summed E-state index contributed by atoms with van der Waals surface area (Å²) in [6, 6.07) is 10.4. The van der Waals surface area contributed by atoms with E-state index in [0.29, 0.717) is 12.5 Å². The normalized spacial score (nSPS) is 16.9. The number of thioether (sulfide) groups is 1. The van der Waals surface area contributed by atoms with Crippen LogP contribution in [0.3, 0.4) is 0 Å². The molecular formula is C18H26N2OS2. The third-order valence-electron chi connectivity index (χ3n) is 4.30. The van der Waals surface area contributed by atoms with Gasteiger partial charge in [-0.3, -0.25) is 4.79 Å². The molecule has 0 aliphatic carbocycles. The smallest absolute Gasteiger partial charge is 0.233 e. The van der Waals surface area contributed by atoms with Gasteiger partial charge < -0.3 is 10.2 Å². The quantitative estimate of drug-likeness (QED) is 0.791. The fraction of sp³-hybridized carbons (Fsp3) is 0.556. The first-order valence-electron chi connectivity index (χ1n) is 8.40. The number of hydrogen-bond donors (Lipinski definition) is 1. The van der Waals surface area contributed by atoms with Gasteiger partial charge >= 0.3 is 0 Å². The molecule has 1 fully saturated rings. The van der Waals surface area contributed by atoms with Gasteiger partial charge in [0.1, 0.15) is 4.32 Å². The first-order chi connectivity index (χ1) is 11.1. The highest BCUT2D eigenvalue weighted by molar-refractivity contribution is 8.23. The van der Waals surface area contributed by atoms with E-state index in [0.717, 1.165) is 23.8 Å². The Labute approximate surface area is 149 Å². The van der Waals surface area contributed by atoms with Crippen LogP contribution in [0.1, 0.15) is 44.6 Å². The zero-order valence-electron chi connectivity index (χ0n) is 14.0. The summed E-state index contributed by atoms with van der Waals surface area (Å²) in [5.41, 5.74) is 1.28. The minimum atomic E-state index is -0.142. The Kier molecular flexibility index (Phi) is 7.37. The molecule has 0 aromatic heterocycles. The molecule has 0 spiro atoms. The zero-order valence-corrected chi connectivity index (χ0v) is 15.6. The van der Waals surface area contributed by atoms with Gasteiger partial charge in [-0.05, 0) is 31.7 Å². The number of thiocarbonyl (C=S) groups is 1.